The van der Waals surface area contributed by atoms with Gasteiger partial charge in [-0.25, -0.2) is 9.78 Å². The molecule has 1 aliphatic rings. The Balaban J connectivity index is 1.93. The van der Waals surface area contributed by atoms with Gasteiger partial charge in [0.2, 0.25) is 0 Å². The van der Waals surface area contributed by atoms with Gasteiger partial charge < -0.3 is 14.8 Å². The van der Waals surface area contributed by atoms with E-state index < -0.39 is 5.97 Å². The first-order valence-electron chi connectivity index (χ1n) is 5.65. The Bertz CT molecular complexity index is 389. The van der Waals surface area contributed by atoms with E-state index in [2.05, 4.69) is 15.0 Å². The van der Waals surface area contributed by atoms with Crippen LogP contribution in [0.1, 0.15) is 16.9 Å². The SMILES string of the molecule is COC(=O)c1cc(NCC2CCOC2)ccn1. The predicted octanol–water partition coefficient (Wildman–Crippen LogP) is 1.32. The number of hydrogen-bond donors (Lipinski definition) is 1. The molecule has 0 amide bonds. The maximum Gasteiger partial charge on any atom is 0.356 e. The monoisotopic (exact) mass is 236 g/mol. The van der Waals surface area contributed by atoms with Gasteiger partial charge in [-0.3, -0.25) is 0 Å². The average Bonchev–Trinajstić information content (AvgIpc) is 2.89. The van der Waals surface area contributed by atoms with E-state index in [1.165, 1.54) is 7.11 Å². The molecule has 2 heterocycles. The third-order valence-electron chi connectivity index (χ3n) is 2.77. The van der Waals surface area contributed by atoms with Gasteiger partial charge >= 0.3 is 5.97 Å². The summed E-state index contributed by atoms with van der Waals surface area (Å²) in [5.74, 6) is 0.127. The quantitative estimate of drug-likeness (QED) is 0.799. The Hall–Kier alpha value is -1.62. The number of esters is 1. The molecule has 1 aliphatic heterocycles. The van der Waals surface area contributed by atoms with E-state index in [1.54, 1.807) is 12.3 Å². The van der Waals surface area contributed by atoms with Crippen molar-refractivity contribution in [1.82, 2.24) is 4.98 Å². The molecule has 0 spiro atoms. The molecule has 1 unspecified atom stereocenters. The lowest BCUT2D eigenvalue weighted by atomic mass is 10.1. The van der Waals surface area contributed by atoms with Gasteiger partial charge in [-0.15, -0.1) is 0 Å². The number of pyridine rings is 1. The van der Waals surface area contributed by atoms with Gasteiger partial charge in [0.15, 0.2) is 0 Å². The number of nitrogens with zero attached hydrogens (tertiary/aromatic N) is 1. The van der Waals surface area contributed by atoms with Crippen LogP contribution in [0.4, 0.5) is 5.69 Å². The van der Waals surface area contributed by atoms with Crippen molar-refractivity contribution in [3.05, 3.63) is 24.0 Å². The van der Waals surface area contributed by atoms with Gasteiger partial charge in [0.25, 0.3) is 0 Å². The van der Waals surface area contributed by atoms with Crippen molar-refractivity contribution in [1.29, 1.82) is 0 Å². The van der Waals surface area contributed by atoms with E-state index in [0.717, 1.165) is 31.9 Å². The number of carbonyl (C=O) groups is 1. The first-order valence-corrected chi connectivity index (χ1v) is 5.65. The molecule has 2 rings (SSSR count). The number of ether oxygens (including phenoxy) is 2. The number of nitrogens with one attached hydrogen (secondary N) is 1. The van der Waals surface area contributed by atoms with Crippen LogP contribution in [0.3, 0.4) is 0 Å². The highest BCUT2D eigenvalue weighted by atomic mass is 16.5. The van der Waals surface area contributed by atoms with Gasteiger partial charge in [-0.1, -0.05) is 0 Å². The Morgan fingerprint density at radius 3 is 3.29 bits per heavy atom. The minimum Gasteiger partial charge on any atom is -0.464 e. The second-order valence-corrected chi connectivity index (χ2v) is 4.03. The smallest absolute Gasteiger partial charge is 0.356 e. The van der Waals surface area contributed by atoms with Crippen molar-refractivity contribution >= 4 is 11.7 Å². The van der Waals surface area contributed by atoms with Crippen LogP contribution >= 0.6 is 0 Å². The molecular weight excluding hydrogens is 220 g/mol. The molecule has 0 radical (unpaired) electrons. The number of anilines is 1. The molecule has 5 nitrogen and oxygen atoms in total. The fourth-order valence-electron chi connectivity index (χ4n) is 1.76. The van der Waals surface area contributed by atoms with Crippen LogP contribution in [-0.4, -0.2) is 37.8 Å². The van der Waals surface area contributed by atoms with Gasteiger partial charge in [0.1, 0.15) is 5.69 Å². The summed E-state index contributed by atoms with van der Waals surface area (Å²) in [6, 6.07) is 3.53. The average molecular weight is 236 g/mol. The highest BCUT2D eigenvalue weighted by Gasteiger charge is 2.15. The minimum atomic E-state index is -0.419. The zero-order chi connectivity index (χ0) is 12.1. The first-order chi connectivity index (χ1) is 8.29. The number of methoxy groups -OCH3 is 1. The minimum absolute atomic E-state index is 0.320. The molecule has 0 saturated carbocycles. The number of aromatic nitrogens is 1. The van der Waals surface area contributed by atoms with E-state index >= 15 is 0 Å². The molecule has 1 N–H and O–H groups in total. The summed E-state index contributed by atoms with van der Waals surface area (Å²) in [6.45, 7) is 2.50. The Morgan fingerprint density at radius 1 is 1.71 bits per heavy atom. The second kappa shape index (κ2) is 5.63. The lowest BCUT2D eigenvalue weighted by Crippen LogP contribution is -2.14. The normalized spacial score (nSPS) is 19.0. The van der Waals surface area contributed by atoms with Crippen molar-refractivity contribution in [3.63, 3.8) is 0 Å². The standard InChI is InChI=1S/C12H16N2O3/c1-16-12(15)11-6-10(2-4-13-11)14-7-9-3-5-17-8-9/h2,4,6,9H,3,5,7-8H2,1H3,(H,13,14). The summed E-state index contributed by atoms with van der Waals surface area (Å²) >= 11 is 0. The molecular formula is C12H16N2O3. The predicted molar refractivity (Wildman–Crippen MR) is 63.0 cm³/mol. The van der Waals surface area contributed by atoms with Crippen LogP contribution in [0.2, 0.25) is 0 Å². The lowest BCUT2D eigenvalue weighted by molar-refractivity contribution is 0.0594. The van der Waals surface area contributed by atoms with Gasteiger partial charge in [0, 0.05) is 31.0 Å². The van der Waals surface area contributed by atoms with Gasteiger partial charge in [0.05, 0.1) is 13.7 Å². The third kappa shape index (κ3) is 3.17. The summed E-state index contributed by atoms with van der Waals surface area (Å²) in [7, 11) is 1.35. The zero-order valence-electron chi connectivity index (χ0n) is 9.81. The molecule has 1 atom stereocenters. The van der Waals surface area contributed by atoms with E-state index in [-0.39, 0.29) is 0 Å². The van der Waals surface area contributed by atoms with Crippen molar-refractivity contribution in [3.8, 4) is 0 Å². The maximum absolute atomic E-state index is 11.3. The van der Waals surface area contributed by atoms with Crippen LogP contribution in [0, 0.1) is 5.92 Å². The molecule has 1 fully saturated rings. The third-order valence-corrected chi connectivity index (χ3v) is 2.77. The fraction of sp³-hybridized carbons (Fsp3) is 0.500. The van der Waals surface area contributed by atoms with E-state index in [1.807, 2.05) is 6.07 Å². The van der Waals surface area contributed by atoms with Gasteiger partial charge in [-0.2, -0.15) is 0 Å². The highest BCUT2D eigenvalue weighted by Crippen LogP contribution is 2.14. The molecule has 1 aromatic heterocycles. The molecule has 0 aromatic carbocycles. The number of hydrogen-bond acceptors (Lipinski definition) is 5. The second-order valence-electron chi connectivity index (χ2n) is 4.03. The topological polar surface area (TPSA) is 60.5 Å². The Kier molecular flexibility index (Phi) is 3.93. The molecule has 0 aliphatic carbocycles. The lowest BCUT2D eigenvalue weighted by Gasteiger charge is -2.10. The van der Waals surface area contributed by atoms with Crippen LogP contribution in [-0.2, 0) is 9.47 Å². The van der Waals surface area contributed by atoms with Crippen LogP contribution in [0.5, 0.6) is 0 Å². The fourth-order valence-corrected chi connectivity index (χ4v) is 1.76. The molecule has 5 heteroatoms. The summed E-state index contributed by atoms with van der Waals surface area (Å²) in [5.41, 5.74) is 1.20. The summed E-state index contributed by atoms with van der Waals surface area (Å²) in [4.78, 5) is 15.2. The van der Waals surface area contributed by atoms with Crippen molar-refractivity contribution < 1.29 is 14.3 Å². The zero-order valence-corrected chi connectivity index (χ0v) is 9.81. The number of carbonyl (C=O) groups excluding carboxylic acids is 1. The van der Waals surface area contributed by atoms with Crippen molar-refractivity contribution in [2.45, 2.75) is 6.42 Å². The van der Waals surface area contributed by atoms with Crippen LogP contribution in [0.25, 0.3) is 0 Å². The first kappa shape index (κ1) is 11.9. The molecule has 92 valence electrons. The molecule has 1 aromatic rings. The van der Waals surface area contributed by atoms with E-state index in [0.29, 0.717) is 11.6 Å². The van der Waals surface area contributed by atoms with Crippen LogP contribution in [0.15, 0.2) is 18.3 Å². The van der Waals surface area contributed by atoms with Gasteiger partial charge in [-0.05, 0) is 18.6 Å². The van der Waals surface area contributed by atoms with Crippen molar-refractivity contribution in [2.75, 3.05) is 32.2 Å². The molecule has 0 bridgehead atoms. The Labute approximate surface area is 100 Å². The van der Waals surface area contributed by atoms with Crippen molar-refractivity contribution in [2.24, 2.45) is 5.92 Å². The largest absolute Gasteiger partial charge is 0.464 e. The summed E-state index contributed by atoms with van der Waals surface area (Å²) in [5, 5.41) is 3.28. The highest BCUT2D eigenvalue weighted by molar-refractivity contribution is 5.88. The molecule has 17 heavy (non-hydrogen) atoms. The summed E-state index contributed by atoms with van der Waals surface area (Å²) in [6.07, 6.45) is 2.68. The Morgan fingerprint density at radius 2 is 2.59 bits per heavy atom. The summed E-state index contributed by atoms with van der Waals surface area (Å²) < 4.78 is 9.92. The van der Waals surface area contributed by atoms with E-state index in [9.17, 15) is 4.79 Å². The van der Waals surface area contributed by atoms with Crippen LogP contribution < -0.4 is 5.32 Å². The number of rotatable bonds is 4. The maximum atomic E-state index is 11.3. The van der Waals surface area contributed by atoms with E-state index in [4.69, 9.17) is 4.74 Å². The molecule has 1 saturated heterocycles.